The van der Waals surface area contributed by atoms with Crippen LogP contribution in [0.25, 0.3) is 16.3 Å². The molecule has 224 valence electrons. The molecule has 2 aromatic carbocycles. The van der Waals surface area contributed by atoms with E-state index in [0.29, 0.717) is 48.2 Å². The van der Waals surface area contributed by atoms with E-state index in [0.717, 1.165) is 66.0 Å². The van der Waals surface area contributed by atoms with Crippen molar-refractivity contribution in [2.24, 2.45) is 0 Å². The molecule has 0 bridgehead atoms. The number of hydrogen-bond donors (Lipinski definition) is 1. The Morgan fingerprint density at radius 1 is 0.952 bits per heavy atom. The third kappa shape index (κ3) is 6.55. The quantitative estimate of drug-likeness (QED) is 0.338. The zero-order chi connectivity index (χ0) is 29.8. The van der Waals surface area contributed by atoms with Gasteiger partial charge in [0.1, 0.15) is 5.56 Å². The Bertz CT molecular complexity index is 1620. The van der Waals surface area contributed by atoms with Crippen LogP contribution in [0.15, 0.2) is 47.4 Å². The average Bonchev–Trinajstić information content (AvgIpc) is 3.27. The minimum absolute atomic E-state index is 0.128. The van der Waals surface area contributed by atoms with Gasteiger partial charge in [0.05, 0.1) is 18.7 Å². The number of aryl methyl sites for hydroxylation is 1. The first-order valence-electron chi connectivity index (χ1n) is 14.7. The van der Waals surface area contributed by atoms with Gasteiger partial charge in [0, 0.05) is 95.8 Å². The Balaban J connectivity index is 0.00000173. The summed E-state index contributed by atoms with van der Waals surface area (Å²) in [6.45, 7) is 12.4. The number of aromatic nitrogens is 1. The molecule has 42 heavy (non-hydrogen) atoms. The van der Waals surface area contributed by atoms with E-state index in [-0.39, 0.29) is 11.0 Å². The molecule has 2 fully saturated rings. The van der Waals surface area contributed by atoms with Crippen LogP contribution in [0.4, 0.5) is 0 Å². The summed E-state index contributed by atoms with van der Waals surface area (Å²) in [7, 11) is -0.761. The predicted octanol–water partition coefficient (Wildman–Crippen LogP) is 4.21. The van der Waals surface area contributed by atoms with Gasteiger partial charge in [-0.1, -0.05) is 37.6 Å². The van der Waals surface area contributed by atoms with Crippen molar-refractivity contribution >= 4 is 44.6 Å². The molecule has 0 saturated carbocycles. The van der Waals surface area contributed by atoms with Crippen molar-refractivity contribution in [2.75, 3.05) is 50.9 Å². The summed E-state index contributed by atoms with van der Waals surface area (Å²) in [6, 6.07) is 11.4. The lowest BCUT2D eigenvalue weighted by Gasteiger charge is -2.26. The number of benzene rings is 2. The molecule has 0 aliphatic carbocycles. The standard InChI is InChI=1S/C30H33ClN4O4S.C2H6/c1-20-24-14-22(17-33-6-10-39-11-7-33)15-25-28(24)35(27(20)19-34-8-12-40(38)13-9-34)18-26(29(25)36)30(37)32-16-21-2-4-23(31)5-3-21;1-2/h2-5,14-15,18H,6-13,16-17,19H2,1H3,(H,32,37);1-2H3. The fourth-order valence-corrected chi connectivity index (χ4v) is 7.00. The lowest BCUT2D eigenvalue weighted by molar-refractivity contribution is 0.0342. The zero-order valence-corrected chi connectivity index (χ0v) is 26.2. The van der Waals surface area contributed by atoms with Crippen molar-refractivity contribution in [1.82, 2.24) is 19.5 Å². The van der Waals surface area contributed by atoms with Crippen molar-refractivity contribution in [2.45, 2.75) is 40.4 Å². The fraction of sp³-hybridized carbons (Fsp3) is 0.438. The van der Waals surface area contributed by atoms with E-state index in [1.54, 1.807) is 18.3 Å². The molecule has 6 rings (SSSR count). The molecule has 0 radical (unpaired) electrons. The van der Waals surface area contributed by atoms with Crippen LogP contribution in [-0.2, 0) is 35.2 Å². The Morgan fingerprint density at radius 2 is 1.60 bits per heavy atom. The number of hydrogen-bond acceptors (Lipinski definition) is 6. The van der Waals surface area contributed by atoms with E-state index in [1.165, 1.54) is 0 Å². The Morgan fingerprint density at radius 3 is 2.29 bits per heavy atom. The van der Waals surface area contributed by atoms with E-state index >= 15 is 0 Å². The van der Waals surface area contributed by atoms with Crippen LogP contribution in [0.2, 0.25) is 5.02 Å². The molecule has 4 heterocycles. The van der Waals surface area contributed by atoms with E-state index in [1.807, 2.05) is 36.4 Å². The number of nitrogens with one attached hydrogen (secondary N) is 1. The Labute approximate surface area is 254 Å². The molecule has 2 saturated heterocycles. The Kier molecular flexibility index (Phi) is 9.96. The minimum atomic E-state index is -0.761. The number of morpholine rings is 1. The van der Waals surface area contributed by atoms with Crippen molar-refractivity contribution in [1.29, 1.82) is 0 Å². The predicted molar refractivity (Wildman–Crippen MR) is 170 cm³/mol. The molecule has 2 aliphatic heterocycles. The van der Waals surface area contributed by atoms with Crippen molar-refractivity contribution in [3.8, 4) is 0 Å². The largest absolute Gasteiger partial charge is 0.379 e. The smallest absolute Gasteiger partial charge is 0.257 e. The third-order valence-electron chi connectivity index (χ3n) is 8.05. The van der Waals surface area contributed by atoms with Crippen molar-refractivity contribution < 1.29 is 13.7 Å². The number of halogens is 1. The van der Waals surface area contributed by atoms with Crippen LogP contribution >= 0.6 is 11.6 Å². The highest BCUT2D eigenvalue weighted by atomic mass is 35.5. The van der Waals surface area contributed by atoms with Crippen LogP contribution in [0.3, 0.4) is 0 Å². The molecule has 1 N–H and O–H groups in total. The van der Waals surface area contributed by atoms with E-state index in [2.05, 4.69) is 28.1 Å². The third-order valence-corrected chi connectivity index (χ3v) is 9.58. The second-order valence-electron chi connectivity index (χ2n) is 10.7. The summed E-state index contributed by atoms with van der Waals surface area (Å²) in [5, 5.41) is 5.16. The summed E-state index contributed by atoms with van der Waals surface area (Å²) >= 11 is 6.00. The van der Waals surface area contributed by atoms with Gasteiger partial charge < -0.3 is 14.5 Å². The normalized spacial score (nSPS) is 17.0. The van der Waals surface area contributed by atoms with Gasteiger partial charge in [-0.3, -0.25) is 23.6 Å². The summed E-state index contributed by atoms with van der Waals surface area (Å²) in [6.07, 6.45) is 1.71. The van der Waals surface area contributed by atoms with Gasteiger partial charge in [0.25, 0.3) is 5.91 Å². The molecular weight excluding hydrogens is 572 g/mol. The molecule has 4 aromatic rings. The average molecular weight is 611 g/mol. The van der Waals surface area contributed by atoms with E-state index < -0.39 is 16.7 Å². The number of amides is 1. The SMILES string of the molecule is CC.Cc1c(CN2CCS(=O)CC2)n2cc(C(=O)NCc3ccc(Cl)cc3)c(=O)c3cc(CN4CCOCC4)cc1c32. The fourth-order valence-electron chi connectivity index (χ4n) is 5.75. The van der Waals surface area contributed by atoms with Crippen LogP contribution < -0.4 is 10.7 Å². The highest BCUT2D eigenvalue weighted by Crippen LogP contribution is 2.31. The van der Waals surface area contributed by atoms with Crippen LogP contribution in [0.5, 0.6) is 0 Å². The second kappa shape index (κ2) is 13.7. The molecule has 0 spiro atoms. The molecule has 1 amide bonds. The van der Waals surface area contributed by atoms with Crippen LogP contribution in [-0.4, -0.2) is 75.2 Å². The molecule has 2 aliphatic rings. The number of pyridine rings is 1. The van der Waals surface area contributed by atoms with Crippen LogP contribution in [0, 0.1) is 6.92 Å². The number of nitrogens with zero attached hydrogens (tertiary/aromatic N) is 3. The van der Waals surface area contributed by atoms with Gasteiger partial charge in [-0.15, -0.1) is 0 Å². The van der Waals surface area contributed by atoms with Gasteiger partial charge in [-0.05, 0) is 47.9 Å². The van der Waals surface area contributed by atoms with Crippen LogP contribution in [0.1, 0.15) is 46.6 Å². The summed E-state index contributed by atoms with van der Waals surface area (Å²) in [5.74, 6) is 0.935. The molecule has 0 atom stereocenters. The number of ether oxygens (including phenoxy) is 1. The zero-order valence-electron chi connectivity index (χ0n) is 24.6. The number of carbonyl (C=O) groups is 1. The molecule has 2 aromatic heterocycles. The van der Waals surface area contributed by atoms with Gasteiger partial charge in [0.15, 0.2) is 0 Å². The van der Waals surface area contributed by atoms with E-state index in [4.69, 9.17) is 16.3 Å². The lowest BCUT2D eigenvalue weighted by Crippen LogP contribution is -2.37. The molecule has 10 heteroatoms. The monoisotopic (exact) mass is 610 g/mol. The maximum Gasteiger partial charge on any atom is 0.257 e. The summed E-state index contributed by atoms with van der Waals surface area (Å²) in [5.41, 5.74) is 4.85. The molecule has 8 nitrogen and oxygen atoms in total. The lowest BCUT2D eigenvalue weighted by atomic mass is 10.0. The molecular formula is C32H39ClN4O4S. The Hall–Kier alpha value is -2.82. The summed E-state index contributed by atoms with van der Waals surface area (Å²) in [4.78, 5) is 31.9. The van der Waals surface area contributed by atoms with Crippen molar-refractivity contribution in [3.05, 3.63) is 85.8 Å². The minimum Gasteiger partial charge on any atom is -0.379 e. The maximum absolute atomic E-state index is 13.9. The topological polar surface area (TPSA) is 83.4 Å². The van der Waals surface area contributed by atoms with Gasteiger partial charge in [0.2, 0.25) is 5.43 Å². The molecule has 0 unspecified atom stereocenters. The van der Waals surface area contributed by atoms with Gasteiger partial charge in [-0.25, -0.2) is 0 Å². The highest BCUT2D eigenvalue weighted by molar-refractivity contribution is 7.85. The van der Waals surface area contributed by atoms with Gasteiger partial charge in [-0.2, -0.15) is 0 Å². The first kappa shape index (κ1) is 30.6. The second-order valence-corrected chi connectivity index (χ2v) is 12.8. The first-order chi connectivity index (χ1) is 20.4. The number of carbonyl (C=O) groups excluding carboxylic acids is 1. The van der Waals surface area contributed by atoms with E-state index in [9.17, 15) is 13.8 Å². The number of rotatable bonds is 7. The highest BCUT2D eigenvalue weighted by Gasteiger charge is 2.24. The maximum atomic E-state index is 13.9. The van der Waals surface area contributed by atoms with Gasteiger partial charge >= 0.3 is 0 Å². The summed E-state index contributed by atoms with van der Waals surface area (Å²) < 4.78 is 19.5. The van der Waals surface area contributed by atoms with Crippen molar-refractivity contribution in [3.63, 3.8) is 0 Å². The first-order valence-corrected chi connectivity index (χ1v) is 16.6.